The Labute approximate surface area is 264 Å². The second-order valence-electron chi connectivity index (χ2n) is 10.6. The molecule has 14 heteroatoms. The molecule has 5 atom stereocenters. The van der Waals surface area contributed by atoms with Gasteiger partial charge in [-0.25, -0.2) is 9.18 Å². The van der Waals surface area contributed by atoms with Crippen LogP contribution in [0.15, 0.2) is 54.6 Å². The van der Waals surface area contributed by atoms with Gasteiger partial charge in [-0.2, -0.15) is 8.78 Å². The molecule has 4 amide bonds. The number of unbranched alkanes of at least 4 members (excludes halogenated alkanes) is 1. The predicted octanol–water partition coefficient (Wildman–Crippen LogP) is 4.10. The number of aliphatic hydroxyl groups excluding tert-OH is 1. The highest BCUT2D eigenvalue weighted by Gasteiger charge is 2.46. The zero-order valence-corrected chi connectivity index (χ0v) is 25.9. The lowest BCUT2D eigenvalue weighted by Crippen LogP contribution is -2.53. The number of carbonyl (C=O) groups excluding carboxylic acids is 4. The molecule has 10 nitrogen and oxygen atoms in total. The molecule has 3 rings (SSSR count). The molecule has 0 saturated carbocycles. The fraction of sp³-hybridized carbons (Fsp3) is 0.484. The van der Waals surface area contributed by atoms with Gasteiger partial charge in [0.1, 0.15) is 11.1 Å². The highest BCUT2D eigenvalue weighted by molar-refractivity contribution is 7.99. The van der Waals surface area contributed by atoms with Crippen molar-refractivity contribution < 1.29 is 42.2 Å². The molecule has 45 heavy (non-hydrogen) atoms. The molecule has 1 aliphatic heterocycles. The molecule has 246 valence electrons. The van der Waals surface area contributed by atoms with E-state index in [-0.39, 0.29) is 30.9 Å². The van der Waals surface area contributed by atoms with Crippen molar-refractivity contribution >= 4 is 35.8 Å². The van der Waals surface area contributed by atoms with Crippen molar-refractivity contribution in [1.29, 1.82) is 0 Å². The third kappa shape index (κ3) is 10.1. The number of aliphatic hydroxyl groups is 1. The van der Waals surface area contributed by atoms with Gasteiger partial charge in [-0.05, 0) is 55.8 Å². The Morgan fingerprint density at radius 3 is 2.47 bits per heavy atom. The van der Waals surface area contributed by atoms with E-state index in [9.17, 15) is 28.7 Å². The van der Waals surface area contributed by atoms with Gasteiger partial charge < -0.3 is 25.8 Å². The molecule has 0 radical (unpaired) electrons. The molecule has 1 fully saturated rings. The Hall–Kier alpha value is -3.78. The summed E-state index contributed by atoms with van der Waals surface area (Å²) in [5.74, 6) is -6.82. The fourth-order valence-electron chi connectivity index (χ4n) is 4.89. The number of hydrogen-bond acceptors (Lipinski definition) is 7. The van der Waals surface area contributed by atoms with Crippen LogP contribution in [0.1, 0.15) is 63.2 Å². The van der Waals surface area contributed by atoms with Gasteiger partial charge in [-0.15, -0.1) is 0 Å². The number of halogens is 3. The molecule has 1 heterocycles. The number of likely N-dealkylation sites (N-methyl/N-ethyl adjacent to an activating group) is 1. The van der Waals surface area contributed by atoms with Crippen LogP contribution in [-0.2, 0) is 25.0 Å². The lowest BCUT2D eigenvalue weighted by atomic mass is 9.94. The van der Waals surface area contributed by atoms with Gasteiger partial charge >= 0.3 is 12.0 Å². The molecule has 0 bridgehead atoms. The smallest absolute Gasteiger partial charge is 0.418 e. The van der Waals surface area contributed by atoms with Gasteiger partial charge in [-0.1, -0.05) is 62.2 Å². The van der Waals surface area contributed by atoms with Crippen molar-refractivity contribution in [3.8, 4) is 0 Å². The number of amides is 4. The molecular weight excluding hydrogens is 613 g/mol. The van der Waals surface area contributed by atoms with E-state index in [1.807, 2.05) is 6.92 Å². The van der Waals surface area contributed by atoms with Crippen LogP contribution < -0.4 is 20.7 Å². The topological polar surface area (TPSA) is 146 Å². The average molecular weight is 653 g/mol. The molecule has 2 aromatic rings. The van der Waals surface area contributed by atoms with Crippen LogP contribution in [0.5, 0.6) is 0 Å². The number of rotatable bonds is 16. The highest BCUT2D eigenvalue weighted by atomic mass is 32.2. The van der Waals surface area contributed by atoms with E-state index < -0.39 is 64.6 Å². The minimum Gasteiger partial charge on any atom is -0.434 e. The quantitative estimate of drug-likeness (QED) is 0.172. The molecule has 2 aromatic carbocycles. The van der Waals surface area contributed by atoms with Crippen LogP contribution in [0.4, 0.5) is 18.0 Å². The van der Waals surface area contributed by atoms with Crippen molar-refractivity contribution in [2.75, 3.05) is 13.1 Å². The first kappa shape index (κ1) is 35.7. The van der Waals surface area contributed by atoms with E-state index in [2.05, 4.69) is 20.7 Å². The number of benzene rings is 2. The van der Waals surface area contributed by atoms with Crippen molar-refractivity contribution in [3.05, 3.63) is 71.5 Å². The molecule has 0 aromatic heterocycles. The summed E-state index contributed by atoms with van der Waals surface area (Å²) in [5, 5.41) is 17.6. The maximum atomic E-state index is 15.6. The first-order valence-corrected chi connectivity index (χ1v) is 15.7. The third-order valence-electron chi connectivity index (χ3n) is 7.29. The van der Waals surface area contributed by atoms with Crippen molar-refractivity contribution in [2.45, 2.75) is 75.4 Å². The fourth-order valence-corrected chi connectivity index (χ4v) is 5.64. The summed E-state index contributed by atoms with van der Waals surface area (Å²) in [6, 6.07) is 10.0. The van der Waals surface area contributed by atoms with E-state index in [4.69, 9.17) is 4.74 Å². The monoisotopic (exact) mass is 652 g/mol. The van der Waals surface area contributed by atoms with Gasteiger partial charge in [0.15, 0.2) is 12.2 Å². The minimum absolute atomic E-state index is 0.00439. The summed E-state index contributed by atoms with van der Waals surface area (Å²) in [4.78, 5) is 50.9. The van der Waals surface area contributed by atoms with Gasteiger partial charge in [0, 0.05) is 24.6 Å². The predicted molar refractivity (Wildman–Crippen MR) is 162 cm³/mol. The summed E-state index contributed by atoms with van der Waals surface area (Å²) in [6.45, 7) is 4.23. The Balaban J connectivity index is 1.75. The van der Waals surface area contributed by atoms with E-state index in [1.165, 1.54) is 24.3 Å². The normalized spacial score (nSPS) is 17.4. The van der Waals surface area contributed by atoms with Crippen LogP contribution in [0.3, 0.4) is 0 Å². The van der Waals surface area contributed by atoms with E-state index in [1.54, 1.807) is 13.0 Å². The summed E-state index contributed by atoms with van der Waals surface area (Å²) in [7, 11) is 0. The Morgan fingerprint density at radius 2 is 1.84 bits per heavy atom. The molecule has 0 spiro atoms. The second kappa shape index (κ2) is 17.1. The molecule has 1 aliphatic rings. The third-order valence-corrected chi connectivity index (χ3v) is 8.31. The summed E-state index contributed by atoms with van der Waals surface area (Å²) < 4.78 is 52.6. The Morgan fingerprint density at radius 1 is 1.11 bits per heavy atom. The standard InChI is InChI=1S/C31H39F3N4O6S/c1-3-5-14-24(28(41)37-23(25(39)29(42)35-4-2)17-20-15-16-36-27(20)40)45-38-30(43)44-26(19-10-7-6-8-11-19)31(33,34)21-12-9-13-22(32)18-21/h6-13,18,20,23-26,39H,3-5,14-17H2,1-2H3,(H,35,42)(H,36,40)(H,37,41)(H,38,43)/t20-,23-,24-,25?,26?/m0/s1. The molecule has 1 saturated heterocycles. The first-order chi connectivity index (χ1) is 21.5. The van der Waals surface area contributed by atoms with Crippen molar-refractivity contribution in [3.63, 3.8) is 0 Å². The number of alkyl halides is 2. The molecule has 0 aliphatic carbocycles. The van der Waals surface area contributed by atoms with E-state index in [0.717, 1.165) is 18.2 Å². The lowest BCUT2D eigenvalue weighted by molar-refractivity contribution is -0.133. The molecule has 2 unspecified atom stereocenters. The summed E-state index contributed by atoms with van der Waals surface area (Å²) in [6.07, 6.45) is -3.06. The Kier molecular flexibility index (Phi) is 13.5. The van der Waals surface area contributed by atoms with Crippen LogP contribution in [0.25, 0.3) is 0 Å². The van der Waals surface area contributed by atoms with Gasteiger partial charge in [-0.3, -0.25) is 19.1 Å². The average Bonchev–Trinajstić information content (AvgIpc) is 3.43. The first-order valence-electron chi connectivity index (χ1n) is 14.8. The maximum Gasteiger partial charge on any atom is 0.418 e. The van der Waals surface area contributed by atoms with E-state index in [0.29, 0.717) is 43.8 Å². The van der Waals surface area contributed by atoms with Gasteiger partial charge in [0.2, 0.25) is 11.8 Å². The zero-order chi connectivity index (χ0) is 33.0. The Bertz CT molecular complexity index is 1310. The number of carbonyl (C=O) groups is 4. The van der Waals surface area contributed by atoms with E-state index >= 15 is 8.78 Å². The highest BCUT2D eigenvalue weighted by Crippen LogP contribution is 2.43. The van der Waals surface area contributed by atoms with Crippen LogP contribution in [0, 0.1) is 11.7 Å². The second-order valence-corrected chi connectivity index (χ2v) is 11.7. The van der Waals surface area contributed by atoms with Crippen molar-refractivity contribution in [1.82, 2.24) is 20.7 Å². The largest absolute Gasteiger partial charge is 0.434 e. The van der Waals surface area contributed by atoms with Crippen LogP contribution >= 0.6 is 11.9 Å². The maximum absolute atomic E-state index is 15.6. The SMILES string of the molecule is CCCC[C@H](SNC(=O)OC(c1ccccc1)C(F)(F)c1cccc(F)c1)C(=O)N[C@@H](C[C@@H]1CCNC1=O)C(O)C(=O)NCC. The number of hydrogen-bond donors (Lipinski definition) is 5. The van der Waals surface area contributed by atoms with Gasteiger partial charge in [0.05, 0.1) is 6.04 Å². The molecule has 5 N–H and O–H groups in total. The summed E-state index contributed by atoms with van der Waals surface area (Å²) in [5.41, 5.74) is -0.727. The lowest BCUT2D eigenvalue weighted by Gasteiger charge is -2.28. The number of nitrogens with one attached hydrogen (secondary N) is 4. The van der Waals surface area contributed by atoms with Crippen LogP contribution in [-0.4, -0.2) is 59.4 Å². The summed E-state index contributed by atoms with van der Waals surface area (Å²) >= 11 is 0.636. The van der Waals surface area contributed by atoms with Crippen LogP contribution in [0.2, 0.25) is 0 Å². The zero-order valence-electron chi connectivity index (χ0n) is 25.1. The van der Waals surface area contributed by atoms with Gasteiger partial charge in [0.25, 0.3) is 5.91 Å². The van der Waals surface area contributed by atoms with Crippen molar-refractivity contribution in [2.24, 2.45) is 5.92 Å². The molecular formula is C31H39F3N4O6S. The number of ether oxygens (including phenoxy) is 1. The minimum atomic E-state index is -3.82.